The lowest BCUT2D eigenvalue weighted by Gasteiger charge is -2.24. The Morgan fingerprint density at radius 3 is 2.87 bits per heavy atom. The smallest absolute Gasteiger partial charge is 0.328 e. The van der Waals surface area contributed by atoms with Gasteiger partial charge in [0.15, 0.2) is 0 Å². The number of nitrogens with zero attached hydrogens (tertiary/aromatic N) is 2. The number of nitro groups is 1. The number of carboxylic acids is 1. The predicted octanol–water partition coefficient (Wildman–Crippen LogP) is 2.43. The first kappa shape index (κ1) is 15.5. The number of aliphatic carboxylic acids is 1. The van der Waals surface area contributed by atoms with Gasteiger partial charge in [0, 0.05) is 25.2 Å². The topological polar surface area (TPSA) is 92.9 Å². The molecule has 8 heteroatoms. The molecule has 0 bridgehead atoms. The molecule has 3 rings (SSSR count). The van der Waals surface area contributed by atoms with E-state index in [0.717, 1.165) is 18.9 Å². The zero-order valence-electron chi connectivity index (χ0n) is 12.6. The van der Waals surface area contributed by atoms with Crippen LogP contribution in [0, 0.1) is 27.3 Å². The summed E-state index contributed by atoms with van der Waals surface area (Å²) in [6.45, 7) is 0.528. The Bertz CT molecular complexity index is 680. The van der Waals surface area contributed by atoms with E-state index in [-0.39, 0.29) is 23.9 Å². The molecule has 2 fully saturated rings. The molecule has 0 radical (unpaired) electrons. The number of hydrogen-bond acceptors (Lipinski definition) is 5. The highest BCUT2D eigenvalue weighted by molar-refractivity contribution is 5.79. The summed E-state index contributed by atoms with van der Waals surface area (Å²) in [7, 11) is 1.35. The number of rotatable bonds is 4. The molecule has 1 heterocycles. The van der Waals surface area contributed by atoms with Crippen molar-refractivity contribution in [2.75, 3.05) is 25.1 Å². The zero-order chi connectivity index (χ0) is 16.8. The third-order valence-corrected chi connectivity index (χ3v) is 5.07. The summed E-state index contributed by atoms with van der Waals surface area (Å²) in [6.07, 6.45) is 2.15. The Balaban J connectivity index is 2.04. The maximum atomic E-state index is 14.1. The first-order valence-corrected chi connectivity index (χ1v) is 7.39. The molecular weight excluding hydrogens is 307 g/mol. The highest BCUT2D eigenvalue weighted by Gasteiger charge is 2.55. The summed E-state index contributed by atoms with van der Waals surface area (Å²) in [6, 6.07) is 2.36. The van der Waals surface area contributed by atoms with Crippen LogP contribution < -0.4 is 9.64 Å². The Labute approximate surface area is 131 Å². The molecule has 2 atom stereocenters. The molecule has 1 N–H and O–H groups in total. The SMILES string of the molecule is COc1cc(F)c([N+](=O)[O-])c(N2C[C@@H]3CCC[C@@]3(C(=O)O)C2)c1. The monoisotopic (exact) mass is 324 g/mol. The highest BCUT2D eigenvalue weighted by Crippen LogP contribution is 2.51. The van der Waals surface area contributed by atoms with Gasteiger partial charge >= 0.3 is 11.7 Å². The van der Waals surface area contributed by atoms with Crippen LogP contribution >= 0.6 is 0 Å². The van der Waals surface area contributed by atoms with E-state index in [1.807, 2.05) is 0 Å². The lowest BCUT2D eigenvalue weighted by atomic mass is 9.81. The fourth-order valence-electron chi connectivity index (χ4n) is 3.92. The first-order valence-electron chi connectivity index (χ1n) is 7.39. The van der Waals surface area contributed by atoms with Gasteiger partial charge in [-0.3, -0.25) is 14.9 Å². The van der Waals surface area contributed by atoms with Crippen molar-refractivity contribution in [2.24, 2.45) is 11.3 Å². The maximum Gasteiger partial charge on any atom is 0.328 e. The van der Waals surface area contributed by atoms with E-state index in [1.165, 1.54) is 13.2 Å². The number of nitro benzene ring substituents is 1. The fourth-order valence-corrected chi connectivity index (χ4v) is 3.92. The predicted molar refractivity (Wildman–Crippen MR) is 79.2 cm³/mol. The molecule has 1 aliphatic carbocycles. The van der Waals surface area contributed by atoms with Gasteiger partial charge in [0.25, 0.3) is 0 Å². The van der Waals surface area contributed by atoms with E-state index in [4.69, 9.17) is 4.74 Å². The third kappa shape index (κ3) is 2.29. The van der Waals surface area contributed by atoms with Gasteiger partial charge in [-0.2, -0.15) is 4.39 Å². The Hall–Kier alpha value is -2.38. The van der Waals surface area contributed by atoms with Crippen molar-refractivity contribution in [2.45, 2.75) is 19.3 Å². The third-order valence-electron chi connectivity index (χ3n) is 5.07. The van der Waals surface area contributed by atoms with E-state index < -0.39 is 27.8 Å². The second-order valence-electron chi connectivity index (χ2n) is 6.17. The van der Waals surface area contributed by atoms with Crippen molar-refractivity contribution < 1.29 is 24.0 Å². The van der Waals surface area contributed by atoms with Gasteiger partial charge in [-0.05, 0) is 18.8 Å². The lowest BCUT2D eigenvalue weighted by molar-refractivity contribution is -0.386. The van der Waals surface area contributed by atoms with Crippen LogP contribution in [0.15, 0.2) is 12.1 Å². The number of anilines is 1. The minimum Gasteiger partial charge on any atom is -0.497 e. The summed E-state index contributed by atoms with van der Waals surface area (Å²) in [5.74, 6) is -1.77. The van der Waals surface area contributed by atoms with Crippen LogP contribution in [-0.2, 0) is 4.79 Å². The van der Waals surface area contributed by atoms with Gasteiger partial charge in [0.05, 0.1) is 17.4 Å². The van der Waals surface area contributed by atoms with E-state index in [1.54, 1.807) is 4.90 Å². The maximum absolute atomic E-state index is 14.1. The summed E-state index contributed by atoms with van der Waals surface area (Å²) in [4.78, 5) is 23.8. The van der Waals surface area contributed by atoms with Crippen molar-refractivity contribution in [3.63, 3.8) is 0 Å². The van der Waals surface area contributed by atoms with Crippen LogP contribution in [0.4, 0.5) is 15.8 Å². The molecule has 0 amide bonds. The van der Waals surface area contributed by atoms with Crippen LogP contribution in [-0.4, -0.2) is 36.2 Å². The molecule has 23 heavy (non-hydrogen) atoms. The van der Waals surface area contributed by atoms with Crippen LogP contribution in [0.25, 0.3) is 0 Å². The van der Waals surface area contributed by atoms with E-state index in [2.05, 4.69) is 0 Å². The summed E-state index contributed by atoms with van der Waals surface area (Å²) < 4.78 is 19.1. The standard InChI is InChI=1S/C15H17FN2O5/c1-23-10-5-11(16)13(18(21)22)12(6-10)17-7-9-3-2-4-15(9,8-17)14(19)20/h5-6,9H,2-4,7-8H2,1H3,(H,19,20)/t9-,15+/m0/s1. The van der Waals surface area contributed by atoms with E-state index in [0.29, 0.717) is 13.0 Å². The van der Waals surface area contributed by atoms with E-state index >= 15 is 0 Å². The van der Waals surface area contributed by atoms with Crippen molar-refractivity contribution in [3.05, 3.63) is 28.1 Å². The molecule has 7 nitrogen and oxygen atoms in total. The summed E-state index contributed by atoms with van der Waals surface area (Å²) >= 11 is 0. The lowest BCUT2D eigenvalue weighted by Crippen LogP contribution is -2.35. The van der Waals surface area contributed by atoms with Gasteiger partial charge in [-0.25, -0.2) is 0 Å². The quantitative estimate of drug-likeness (QED) is 0.675. The number of benzene rings is 1. The first-order chi connectivity index (χ1) is 10.9. The highest BCUT2D eigenvalue weighted by atomic mass is 19.1. The number of ether oxygens (including phenoxy) is 1. The van der Waals surface area contributed by atoms with Gasteiger partial charge in [-0.1, -0.05) is 6.42 Å². The van der Waals surface area contributed by atoms with Crippen LogP contribution in [0.3, 0.4) is 0 Å². The Morgan fingerprint density at radius 2 is 2.30 bits per heavy atom. The largest absolute Gasteiger partial charge is 0.497 e. The second-order valence-corrected chi connectivity index (χ2v) is 6.17. The molecule has 0 spiro atoms. The van der Waals surface area contributed by atoms with Gasteiger partial charge in [0.2, 0.25) is 5.82 Å². The molecule has 2 aliphatic rings. The van der Waals surface area contributed by atoms with Crippen LogP contribution in [0.1, 0.15) is 19.3 Å². The second kappa shape index (κ2) is 5.36. The van der Waals surface area contributed by atoms with Crippen molar-refractivity contribution >= 4 is 17.3 Å². The van der Waals surface area contributed by atoms with Crippen molar-refractivity contribution in [1.29, 1.82) is 0 Å². The molecule has 1 aliphatic heterocycles. The minimum atomic E-state index is -0.981. The van der Waals surface area contributed by atoms with Crippen LogP contribution in [0.5, 0.6) is 5.75 Å². The average Bonchev–Trinajstić information content (AvgIpc) is 3.03. The minimum absolute atomic E-state index is 0.0751. The Kier molecular flexibility index (Phi) is 3.62. The van der Waals surface area contributed by atoms with Gasteiger partial charge < -0.3 is 14.7 Å². The average molecular weight is 324 g/mol. The molecule has 1 saturated heterocycles. The zero-order valence-corrected chi connectivity index (χ0v) is 12.6. The van der Waals surface area contributed by atoms with Gasteiger partial charge in [0.1, 0.15) is 11.4 Å². The van der Waals surface area contributed by atoms with Gasteiger partial charge in [-0.15, -0.1) is 0 Å². The van der Waals surface area contributed by atoms with Crippen molar-refractivity contribution in [1.82, 2.24) is 0 Å². The normalized spacial score (nSPS) is 26.2. The molecule has 124 valence electrons. The number of methoxy groups -OCH3 is 1. The number of hydrogen-bond donors (Lipinski definition) is 1. The summed E-state index contributed by atoms with van der Waals surface area (Å²) in [5, 5.41) is 20.9. The number of carbonyl (C=O) groups is 1. The molecular formula is C15H17FN2O5. The number of fused-ring (bicyclic) bond motifs is 1. The summed E-state index contributed by atoms with van der Waals surface area (Å²) in [5.41, 5.74) is -1.44. The molecule has 1 aromatic carbocycles. The fraction of sp³-hybridized carbons (Fsp3) is 0.533. The molecule has 1 saturated carbocycles. The van der Waals surface area contributed by atoms with E-state index in [9.17, 15) is 24.4 Å². The van der Waals surface area contributed by atoms with Crippen molar-refractivity contribution in [3.8, 4) is 5.75 Å². The molecule has 0 unspecified atom stereocenters. The molecule has 1 aromatic rings. The van der Waals surface area contributed by atoms with Crippen LogP contribution in [0.2, 0.25) is 0 Å². The Morgan fingerprint density at radius 1 is 1.57 bits per heavy atom. The molecule has 0 aromatic heterocycles. The number of carboxylic acid groups (broad SMARTS) is 1. The number of halogens is 1.